The lowest BCUT2D eigenvalue weighted by atomic mass is 10.2. The summed E-state index contributed by atoms with van der Waals surface area (Å²) in [5.74, 6) is 0. The Labute approximate surface area is 81.6 Å². The van der Waals surface area contributed by atoms with Crippen molar-refractivity contribution in [3.8, 4) is 0 Å². The molecule has 0 aromatic heterocycles. The number of ether oxygens (including phenoxy) is 2. The van der Waals surface area contributed by atoms with Crippen LogP contribution < -0.4 is 5.73 Å². The van der Waals surface area contributed by atoms with Crippen molar-refractivity contribution in [3.05, 3.63) is 0 Å². The molecule has 2 atom stereocenters. The normalized spacial score (nSPS) is 15.7. The van der Waals surface area contributed by atoms with Crippen LogP contribution in [0.15, 0.2) is 0 Å². The topological polar surface area (TPSA) is 44.5 Å². The standard InChI is InChI=1S/C10H23NO2/c1-4-5-6-7-8-12-10(3)13-9(2)11/h9-10H,4-8,11H2,1-3H3. The molecule has 0 saturated carbocycles. The monoisotopic (exact) mass is 189 g/mol. The Kier molecular flexibility index (Phi) is 8.40. The number of nitrogens with two attached hydrogens (primary N) is 1. The SMILES string of the molecule is CCCCCCOC(C)OC(C)N. The van der Waals surface area contributed by atoms with E-state index in [4.69, 9.17) is 15.2 Å². The molecule has 3 nitrogen and oxygen atoms in total. The summed E-state index contributed by atoms with van der Waals surface area (Å²) in [6.45, 7) is 6.65. The number of rotatable bonds is 8. The number of unbranched alkanes of at least 4 members (excludes halogenated alkanes) is 3. The largest absolute Gasteiger partial charge is 0.353 e. The Morgan fingerprint density at radius 3 is 2.38 bits per heavy atom. The molecule has 0 aliphatic heterocycles. The van der Waals surface area contributed by atoms with E-state index in [2.05, 4.69) is 6.92 Å². The van der Waals surface area contributed by atoms with Crippen LogP contribution in [0.1, 0.15) is 46.5 Å². The lowest BCUT2D eigenvalue weighted by Crippen LogP contribution is -2.26. The van der Waals surface area contributed by atoms with Gasteiger partial charge >= 0.3 is 0 Å². The van der Waals surface area contributed by atoms with E-state index < -0.39 is 0 Å². The highest BCUT2D eigenvalue weighted by molar-refractivity contribution is 4.41. The van der Waals surface area contributed by atoms with Crippen molar-refractivity contribution < 1.29 is 9.47 Å². The Bertz CT molecular complexity index is 107. The molecule has 0 aliphatic carbocycles. The lowest BCUT2D eigenvalue weighted by Gasteiger charge is -2.16. The highest BCUT2D eigenvalue weighted by Crippen LogP contribution is 2.02. The summed E-state index contributed by atoms with van der Waals surface area (Å²) in [6.07, 6.45) is 4.46. The average molecular weight is 189 g/mol. The second-order valence-electron chi connectivity index (χ2n) is 3.34. The van der Waals surface area contributed by atoms with Crippen molar-refractivity contribution >= 4 is 0 Å². The van der Waals surface area contributed by atoms with Gasteiger partial charge < -0.3 is 15.2 Å². The molecular formula is C10H23NO2. The molecule has 0 amide bonds. The fourth-order valence-electron chi connectivity index (χ4n) is 1.12. The quantitative estimate of drug-likeness (QED) is 0.470. The summed E-state index contributed by atoms with van der Waals surface area (Å²) in [5.41, 5.74) is 5.44. The fraction of sp³-hybridized carbons (Fsp3) is 1.00. The van der Waals surface area contributed by atoms with Gasteiger partial charge in [-0.1, -0.05) is 26.2 Å². The van der Waals surface area contributed by atoms with E-state index in [-0.39, 0.29) is 12.5 Å². The minimum atomic E-state index is -0.245. The van der Waals surface area contributed by atoms with E-state index in [1.165, 1.54) is 19.3 Å². The van der Waals surface area contributed by atoms with E-state index in [0.29, 0.717) is 0 Å². The molecular weight excluding hydrogens is 166 g/mol. The first-order valence-electron chi connectivity index (χ1n) is 5.19. The van der Waals surface area contributed by atoms with Crippen LogP contribution in [0.4, 0.5) is 0 Å². The lowest BCUT2D eigenvalue weighted by molar-refractivity contribution is -0.154. The smallest absolute Gasteiger partial charge is 0.156 e. The van der Waals surface area contributed by atoms with Gasteiger partial charge in [0.2, 0.25) is 0 Å². The van der Waals surface area contributed by atoms with Crippen LogP contribution in [0.5, 0.6) is 0 Å². The minimum Gasteiger partial charge on any atom is -0.353 e. The van der Waals surface area contributed by atoms with Gasteiger partial charge in [0.05, 0.1) is 0 Å². The molecule has 0 aromatic rings. The summed E-state index contributed by atoms with van der Waals surface area (Å²) >= 11 is 0. The summed E-state index contributed by atoms with van der Waals surface area (Å²) in [5, 5.41) is 0. The predicted octanol–water partition coefficient (Wildman–Crippen LogP) is 2.25. The number of hydrogen-bond acceptors (Lipinski definition) is 3. The molecule has 0 aliphatic rings. The van der Waals surface area contributed by atoms with Gasteiger partial charge in [-0.25, -0.2) is 0 Å². The molecule has 3 heteroatoms. The Hall–Kier alpha value is -0.120. The van der Waals surface area contributed by atoms with Crippen molar-refractivity contribution in [2.75, 3.05) is 6.61 Å². The molecule has 0 bridgehead atoms. The van der Waals surface area contributed by atoms with Gasteiger partial charge in [0, 0.05) is 6.61 Å². The minimum absolute atomic E-state index is 0.179. The predicted molar refractivity (Wildman–Crippen MR) is 54.3 cm³/mol. The van der Waals surface area contributed by atoms with Crippen molar-refractivity contribution in [1.29, 1.82) is 0 Å². The van der Waals surface area contributed by atoms with Crippen molar-refractivity contribution in [3.63, 3.8) is 0 Å². The average Bonchev–Trinajstić information content (AvgIpc) is 2.02. The summed E-state index contributed by atoms with van der Waals surface area (Å²) < 4.78 is 10.6. The Balaban J connectivity index is 3.12. The highest BCUT2D eigenvalue weighted by atomic mass is 16.7. The van der Waals surface area contributed by atoms with Gasteiger partial charge in [-0.2, -0.15) is 0 Å². The third kappa shape index (κ3) is 9.80. The van der Waals surface area contributed by atoms with E-state index in [0.717, 1.165) is 13.0 Å². The molecule has 0 fully saturated rings. The van der Waals surface area contributed by atoms with Crippen LogP contribution >= 0.6 is 0 Å². The zero-order valence-electron chi connectivity index (χ0n) is 9.08. The third-order valence-corrected chi connectivity index (χ3v) is 1.76. The van der Waals surface area contributed by atoms with Crippen LogP contribution in [-0.2, 0) is 9.47 Å². The maximum atomic E-state index is 5.44. The Morgan fingerprint density at radius 2 is 1.85 bits per heavy atom. The second-order valence-corrected chi connectivity index (χ2v) is 3.34. The first-order chi connectivity index (χ1) is 6.16. The molecule has 0 rings (SSSR count). The van der Waals surface area contributed by atoms with Gasteiger partial charge in [0.1, 0.15) is 6.23 Å². The molecule has 13 heavy (non-hydrogen) atoms. The molecule has 80 valence electrons. The van der Waals surface area contributed by atoms with Gasteiger partial charge in [-0.05, 0) is 20.3 Å². The van der Waals surface area contributed by atoms with Crippen molar-refractivity contribution in [1.82, 2.24) is 0 Å². The van der Waals surface area contributed by atoms with Gasteiger partial charge in [-0.3, -0.25) is 0 Å². The molecule has 2 unspecified atom stereocenters. The zero-order valence-corrected chi connectivity index (χ0v) is 9.08. The number of hydrogen-bond donors (Lipinski definition) is 1. The van der Waals surface area contributed by atoms with Gasteiger partial charge in [0.25, 0.3) is 0 Å². The van der Waals surface area contributed by atoms with Gasteiger partial charge in [-0.15, -0.1) is 0 Å². The molecule has 0 saturated heterocycles. The van der Waals surface area contributed by atoms with Crippen LogP contribution in [0.2, 0.25) is 0 Å². The zero-order chi connectivity index (χ0) is 10.1. The van der Waals surface area contributed by atoms with E-state index in [9.17, 15) is 0 Å². The van der Waals surface area contributed by atoms with Crippen LogP contribution in [0.3, 0.4) is 0 Å². The van der Waals surface area contributed by atoms with Crippen LogP contribution in [-0.4, -0.2) is 19.1 Å². The summed E-state index contributed by atoms with van der Waals surface area (Å²) in [6, 6.07) is 0. The maximum Gasteiger partial charge on any atom is 0.156 e. The van der Waals surface area contributed by atoms with Crippen LogP contribution in [0.25, 0.3) is 0 Å². The van der Waals surface area contributed by atoms with Gasteiger partial charge in [0.15, 0.2) is 6.29 Å². The Morgan fingerprint density at radius 1 is 1.15 bits per heavy atom. The second kappa shape index (κ2) is 8.48. The highest BCUT2D eigenvalue weighted by Gasteiger charge is 2.03. The van der Waals surface area contributed by atoms with Crippen molar-refractivity contribution in [2.45, 2.75) is 59.0 Å². The first kappa shape index (κ1) is 12.9. The summed E-state index contributed by atoms with van der Waals surface area (Å²) in [4.78, 5) is 0. The van der Waals surface area contributed by atoms with E-state index >= 15 is 0 Å². The van der Waals surface area contributed by atoms with Crippen LogP contribution in [0, 0.1) is 0 Å². The first-order valence-corrected chi connectivity index (χ1v) is 5.19. The molecule has 0 spiro atoms. The fourth-order valence-corrected chi connectivity index (χ4v) is 1.12. The molecule has 2 N–H and O–H groups in total. The molecule has 0 heterocycles. The van der Waals surface area contributed by atoms with Crippen molar-refractivity contribution in [2.24, 2.45) is 5.73 Å². The third-order valence-electron chi connectivity index (χ3n) is 1.76. The maximum absolute atomic E-state index is 5.44. The van der Waals surface area contributed by atoms with E-state index in [1.54, 1.807) is 6.92 Å². The molecule has 0 radical (unpaired) electrons. The van der Waals surface area contributed by atoms with E-state index in [1.807, 2.05) is 6.92 Å². The molecule has 0 aromatic carbocycles. The summed E-state index contributed by atoms with van der Waals surface area (Å²) in [7, 11) is 0.